The Hall–Kier alpha value is -1.92. The smallest absolute Gasteiger partial charge is 0.420 e. The molecule has 1 amide bonds. The zero-order valence-corrected chi connectivity index (χ0v) is 16.5. The van der Waals surface area contributed by atoms with Gasteiger partial charge < -0.3 is 10.1 Å². The van der Waals surface area contributed by atoms with E-state index in [4.69, 9.17) is 27.9 Å². The van der Waals surface area contributed by atoms with Crippen molar-refractivity contribution in [2.24, 2.45) is 0 Å². The zero-order chi connectivity index (χ0) is 20.5. The van der Waals surface area contributed by atoms with E-state index in [1.807, 2.05) is 0 Å². The lowest BCUT2D eigenvalue weighted by Gasteiger charge is -2.29. The SMILES string of the molecule is COc1ccc(NC(=O)C2(c3ccc(Cl)cc3Cl)CCCC2)cc1C(F)(F)F. The second-order valence-corrected chi connectivity index (χ2v) is 7.62. The van der Waals surface area contributed by atoms with Crippen molar-refractivity contribution in [1.82, 2.24) is 0 Å². The molecule has 1 aliphatic carbocycles. The van der Waals surface area contributed by atoms with Gasteiger partial charge in [-0.2, -0.15) is 13.2 Å². The first-order chi connectivity index (χ1) is 13.2. The molecule has 8 heteroatoms. The van der Waals surface area contributed by atoms with Crippen LogP contribution in [-0.4, -0.2) is 13.0 Å². The third-order valence-electron chi connectivity index (χ3n) is 5.10. The van der Waals surface area contributed by atoms with E-state index < -0.39 is 17.2 Å². The topological polar surface area (TPSA) is 38.3 Å². The number of methoxy groups -OCH3 is 1. The number of benzene rings is 2. The van der Waals surface area contributed by atoms with Crippen molar-refractivity contribution >= 4 is 34.8 Å². The Morgan fingerprint density at radius 3 is 2.36 bits per heavy atom. The first-order valence-electron chi connectivity index (χ1n) is 8.69. The monoisotopic (exact) mass is 431 g/mol. The number of nitrogens with one attached hydrogen (secondary N) is 1. The van der Waals surface area contributed by atoms with E-state index in [2.05, 4.69) is 5.32 Å². The van der Waals surface area contributed by atoms with E-state index in [0.29, 0.717) is 28.5 Å². The molecule has 1 aliphatic rings. The van der Waals surface area contributed by atoms with E-state index in [1.165, 1.54) is 19.2 Å². The summed E-state index contributed by atoms with van der Waals surface area (Å²) in [5.74, 6) is -0.686. The molecule has 1 N–H and O–H groups in total. The highest BCUT2D eigenvalue weighted by Crippen LogP contribution is 2.45. The van der Waals surface area contributed by atoms with Crippen LogP contribution in [0.1, 0.15) is 36.8 Å². The van der Waals surface area contributed by atoms with Crippen molar-refractivity contribution in [2.75, 3.05) is 12.4 Å². The van der Waals surface area contributed by atoms with Crippen molar-refractivity contribution in [2.45, 2.75) is 37.3 Å². The summed E-state index contributed by atoms with van der Waals surface area (Å²) in [4.78, 5) is 13.2. The summed E-state index contributed by atoms with van der Waals surface area (Å²) in [6.07, 6.45) is -1.84. The van der Waals surface area contributed by atoms with Crippen molar-refractivity contribution in [3.63, 3.8) is 0 Å². The highest BCUT2D eigenvalue weighted by molar-refractivity contribution is 6.35. The summed E-state index contributed by atoms with van der Waals surface area (Å²) >= 11 is 12.3. The second-order valence-electron chi connectivity index (χ2n) is 6.78. The molecule has 3 rings (SSSR count). The number of rotatable bonds is 4. The molecule has 0 aliphatic heterocycles. The van der Waals surface area contributed by atoms with Crippen LogP contribution in [-0.2, 0) is 16.4 Å². The molecule has 3 nitrogen and oxygen atoms in total. The van der Waals surface area contributed by atoms with Gasteiger partial charge in [-0.25, -0.2) is 0 Å². The number of alkyl halides is 3. The summed E-state index contributed by atoms with van der Waals surface area (Å²) in [7, 11) is 1.17. The molecule has 1 saturated carbocycles. The summed E-state index contributed by atoms with van der Waals surface area (Å²) in [5, 5.41) is 3.46. The van der Waals surface area contributed by atoms with Crippen LogP contribution in [0.25, 0.3) is 0 Å². The molecule has 1 fully saturated rings. The highest BCUT2D eigenvalue weighted by atomic mass is 35.5. The third-order valence-corrected chi connectivity index (χ3v) is 5.65. The molecule has 0 bridgehead atoms. The molecule has 0 radical (unpaired) electrons. The largest absolute Gasteiger partial charge is 0.496 e. The molecular formula is C20H18Cl2F3NO2. The molecule has 0 spiro atoms. The lowest BCUT2D eigenvalue weighted by molar-refractivity contribution is -0.138. The maximum atomic E-state index is 13.3. The van der Waals surface area contributed by atoms with Crippen LogP contribution in [0, 0.1) is 0 Å². The standard InChI is InChI=1S/C20H18Cl2F3NO2/c1-28-17-7-5-13(11-15(17)20(23,24)25)26-18(27)19(8-2-3-9-19)14-6-4-12(21)10-16(14)22/h4-7,10-11H,2-3,8-9H2,1H3,(H,26,27). The Labute approximate surface area is 170 Å². The quantitative estimate of drug-likeness (QED) is 0.601. The van der Waals surface area contributed by atoms with Gasteiger partial charge in [0.15, 0.2) is 0 Å². The first kappa shape index (κ1) is 20.8. The summed E-state index contributed by atoms with van der Waals surface area (Å²) < 4.78 is 44.6. The molecule has 0 heterocycles. The Bertz CT molecular complexity index is 894. The molecule has 2 aromatic rings. The van der Waals surface area contributed by atoms with Crippen LogP contribution in [0.2, 0.25) is 10.0 Å². The molecule has 0 aromatic heterocycles. The number of carbonyl (C=O) groups is 1. The normalized spacial score (nSPS) is 16.1. The van der Waals surface area contributed by atoms with Gasteiger partial charge in [-0.05, 0) is 48.7 Å². The maximum Gasteiger partial charge on any atom is 0.420 e. The van der Waals surface area contributed by atoms with E-state index in [-0.39, 0.29) is 17.3 Å². The molecule has 0 unspecified atom stereocenters. The summed E-state index contributed by atoms with van der Waals surface area (Å²) in [5.41, 5.74) is -1.16. The number of halogens is 5. The van der Waals surface area contributed by atoms with Gasteiger partial charge >= 0.3 is 6.18 Å². The Morgan fingerprint density at radius 2 is 1.79 bits per heavy atom. The molecule has 28 heavy (non-hydrogen) atoms. The number of amides is 1. The van der Waals surface area contributed by atoms with Crippen LogP contribution < -0.4 is 10.1 Å². The van der Waals surface area contributed by atoms with Gasteiger partial charge in [-0.3, -0.25) is 4.79 Å². The minimum Gasteiger partial charge on any atom is -0.496 e. The second kappa shape index (κ2) is 7.84. The number of hydrogen-bond donors (Lipinski definition) is 1. The van der Waals surface area contributed by atoms with Crippen LogP contribution in [0.15, 0.2) is 36.4 Å². The van der Waals surface area contributed by atoms with Crippen LogP contribution in [0.3, 0.4) is 0 Å². The van der Waals surface area contributed by atoms with E-state index >= 15 is 0 Å². The van der Waals surface area contributed by atoms with E-state index in [1.54, 1.807) is 18.2 Å². The molecule has 150 valence electrons. The van der Waals surface area contributed by atoms with Crippen LogP contribution in [0.5, 0.6) is 5.75 Å². The van der Waals surface area contributed by atoms with Crippen molar-refractivity contribution in [3.8, 4) is 5.75 Å². The van der Waals surface area contributed by atoms with Gasteiger partial charge in [0.25, 0.3) is 0 Å². The first-order valence-corrected chi connectivity index (χ1v) is 9.45. The maximum absolute atomic E-state index is 13.3. The summed E-state index contributed by atoms with van der Waals surface area (Å²) in [6, 6.07) is 8.40. The highest BCUT2D eigenvalue weighted by Gasteiger charge is 2.44. The minimum atomic E-state index is -4.60. The van der Waals surface area contributed by atoms with E-state index in [9.17, 15) is 18.0 Å². The van der Waals surface area contributed by atoms with Gasteiger partial charge in [0.05, 0.1) is 18.1 Å². The van der Waals surface area contributed by atoms with Crippen LogP contribution in [0.4, 0.5) is 18.9 Å². The average molecular weight is 432 g/mol. The van der Waals surface area contributed by atoms with Gasteiger partial charge in [0.1, 0.15) is 5.75 Å². The zero-order valence-electron chi connectivity index (χ0n) is 15.0. The fourth-order valence-electron chi connectivity index (χ4n) is 3.73. The van der Waals surface area contributed by atoms with Gasteiger partial charge in [0.2, 0.25) is 5.91 Å². The minimum absolute atomic E-state index is 0.0504. The molecule has 0 saturated heterocycles. The predicted molar refractivity (Wildman–Crippen MR) is 103 cm³/mol. The number of carbonyl (C=O) groups excluding carboxylic acids is 1. The Kier molecular flexibility index (Phi) is 5.82. The summed E-state index contributed by atoms with van der Waals surface area (Å²) in [6.45, 7) is 0. The fourth-order valence-corrected chi connectivity index (χ4v) is 4.32. The van der Waals surface area contributed by atoms with Crippen molar-refractivity contribution in [3.05, 3.63) is 57.6 Å². The number of hydrogen-bond acceptors (Lipinski definition) is 2. The fraction of sp³-hybridized carbons (Fsp3) is 0.350. The average Bonchev–Trinajstić information content (AvgIpc) is 3.11. The number of ether oxygens (including phenoxy) is 1. The van der Waals surface area contributed by atoms with Crippen LogP contribution >= 0.6 is 23.2 Å². The van der Waals surface area contributed by atoms with Gasteiger partial charge in [-0.1, -0.05) is 42.1 Å². The lowest BCUT2D eigenvalue weighted by atomic mass is 9.78. The number of anilines is 1. The molecular weight excluding hydrogens is 414 g/mol. The van der Waals surface area contributed by atoms with Crippen molar-refractivity contribution < 1.29 is 22.7 Å². The third kappa shape index (κ3) is 3.94. The van der Waals surface area contributed by atoms with Crippen molar-refractivity contribution in [1.29, 1.82) is 0 Å². The van der Waals surface area contributed by atoms with Gasteiger partial charge in [-0.15, -0.1) is 0 Å². The molecule has 2 aromatic carbocycles. The van der Waals surface area contributed by atoms with E-state index in [0.717, 1.165) is 18.9 Å². The Balaban J connectivity index is 1.96. The lowest BCUT2D eigenvalue weighted by Crippen LogP contribution is -2.38. The predicted octanol–water partition coefficient (Wildman–Crippen LogP) is 6.47. The Morgan fingerprint density at radius 1 is 1.11 bits per heavy atom. The van der Waals surface area contributed by atoms with Gasteiger partial charge in [0, 0.05) is 15.7 Å². The molecule has 0 atom stereocenters.